The summed E-state index contributed by atoms with van der Waals surface area (Å²) < 4.78 is 0. The van der Waals surface area contributed by atoms with Crippen molar-refractivity contribution in [2.24, 2.45) is 0 Å². The molecular weight excluding hydrogens is 172 g/mol. The third-order valence-electron chi connectivity index (χ3n) is 1.41. The van der Waals surface area contributed by atoms with E-state index in [-0.39, 0.29) is 0 Å². The molecule has 0 saturated heterocycles. The third kappa shape index (κ3) is 2.75. The molecule has 1 aromatic rings. The van der Waals surface area contributed by atoms with Crippen molar-refractivity contribution in [3.8, 4) is 35.8 Å². The van der Waals surface area contributed by atoms with Crippen LogP contribution in [0.4, 0.5) is 0 Å². The van der Waals surface area contributed by atoms with E-state index >= 15 is 0 Å². The van der Waals surface area contributed by atoms with Crippen molar-refractivity contribution in [3.63, 3.8) is 0 Å². The molecule has 14 heavy (non-hydrogen) atoms. The first-order chi connectivity index (χ1) is 6.86. The Hall–Kier alpha value is -2.68. The van der Waals surface area contributed by atoms with Crippen LogP contribution in [-0.4, -0.2) is 0 Å². The minimum atomic E-state index is 0.758. The summed E-state index contributed by atoms with van der Waals surface area (Å²) in [6.07, 6.45) is 0. The highest BCUT2D eigenvalue weighted by Crippen LogP contribution is 2.01. The van der Waals surface area contributed by atoms with E-state index < -0.39 is 0 Å². The molecule has 1 rings (SSSR count). The molecule has 0 aromatic heterocycles. The van der Waals surface area contributed by atoms with Crippen LogP contribution in [0.1, 0.15) is 11.1 Å². The summed E-state index contributed by atoms with van der Waals surface area (Å²) in [6, 6.07) is 10.5. The number of hydrogen-bond donors (Lipinski definition) is 0. The number of nitriles is 2. The van der Waals surface area contributed by atoms with Crippen molar-refractivity contribution < 1.29 is 0 Å². The molecule has 0 heterocycles. The first kappa shape index (κ1) is 9.41. The fourth-order valence-corrected chi connectivity index (χ4v) is 0.837. The summed E-state index contributed by atoms with van der Waals surface area (Å²) in [4.78, 5) is 0. The summed E-state index contributed by atoms with van der Waals surface area (Å²) >= 11 is 0. The van der Waals surface area contributed by atoms with E-state index in [9.17, 15) is 0 Å². The Labute approximate surface area is 82.4 Å². The third-order valence-corrected chi connectivity index (χ3v) is 1.41. The zero-order valence-electron chi connectivity index (χ0n) is 7.20. The average molecular weight is 176 g/mol. The van der Waals surface area contributed by atoms with Gasteiger partial charge in [0.1, 0.15) is 0 Å². The highest BCUT2D eigenvalue weighted by Gasteiger charge is 1.87. The van der Waals surface area contributed by atoms with Crippen LogP contribution in [0.5, 0.6) is 0 Å². The van der Waals surface area contributed by atoms with Crippen LogP contribution in [0, 0.1) is 46.3 Å². The fourth-order valence-electron chi connectivity index (χ4n) is 0.837. The van der Waals surface area contributed by atoms with Crippen molar-refractivity contribution in [2.45, 2.75) is 0 Å². The van der Waals surface area contributed by atoms with Gasteiger partial charge in [0.2, 0.25) is 0 Å². The molecule has 0 saturated carbocycles. The molecule has 2 heteroatoms. The molecule has 0 amide bonds. The second-order valence-corrected chi connectivity index (χ2v) is 2.30. The molecule has 2 nitrogen and oxygen atoms in total. The number of rotatable bonds is 0. The number of nitrogens with zero attached hydrogens (tertiary/aromatic N) is 2. The Kier molecular flexibility index (Phi) is 3.40. The smallest absolute Gasteiger partial charge is 0.152 e. The van der Waals surface area contributed by atoms with E-state index in [2.05, 4.69) is 23.7 Å². The lowest BCUT2D eigenvalue weighted by Crippen LogP contribution is -1.76. The van der Waals surface area contributed by atoms with Gasteiger partial charge in [0.15, 0.2) is 12.1 Å². The van der Waals surface area contributed by atoms with Crippen LogP contribution in [0.25, 0.3) is 0 Å². The van der Waals surface area contributed by atoms with Crippen molar-refractivity contribution in [3.05, 3.63) is 35.4 Å². The van der Waals surface area contributed by atoms with Crippen molar-refractivity contribution in [2.75, 3.05) is 0 Å². The lowest BCUT2D eigenvalue weighted by molar-refractivity contribution is 1.54. The van der Waals surface area contributed by atoms with E-state index in [1.54, 1.807) is 36.4 Å². The summed E-state index contributed by atoms with van der Waals surface area (Å²) in [5.41, 5.74) is 1.52. The van der Waals surface area contributed by atoms with Gasteiger partial charge in [-0.15, -0.1) is 0 Å². The van der Waals surface area contributed by atoms with Gasteiger partial charge in [0.25, 0.3) is 0 Å². The fraction of sp³-hybridized carbons (Fsp3) is 0. The zero-order valence-corrected chi connectivity index (χ0v) is 7.20. The summed E-state index contributed by atoms with van der Waals surface area (Å²) in [5.74, 6) is 9.90. The maximum atomic E-state index is 8.22. The molecule has 62 valence electrons. The minimum absolute atomic E-state index is 0.758. The molecule has 1 aromatic carbocycles. The molecule has 0 atom stereocenters. The largest absolute Gasteiger partial charge is 0.183 e. The summed E-state index contributed by atoms with van der Waals surface area (Å²) in [7, 11) is 0. The lowest BCUT2D eigenvalue weighted by atomic mass is 10.1. The van der Waals surface area contributed by atoms with Gasteiger partial charge in [-0.05, 0) is 24.3 Å². The van der Waals surface area contributed by atoms with Gasteiger partial charge in [-0.3, -0.25) is 0 Å². The predicted molar refractivity (Wildman–Crippen MR) is 51.4 cm³/mol. The Morgan fingerprint density at radius 3 is 1.36 bits per heavy atom. The topological polar surface area (TPSA) is 47.6 Å². The van der Waals surface area contributed by atoms with E-state index in [0.717, 1.165) is 11.1 Å². The Morgan fingerprint density at radius 2 is 1.07 bits per heavy atom. The molecule has 0 aliphatic carbocycles. The number of benzene rings is 1. The molecule has 0 N–H and O–H groups in total. The quantitative estimate of drug-likeness (QED) is 0.561. The van der Waals surface area contributed by atoms with Crippen LogP contribution in [0.15, 0.2) is 24.3 Å². The Bertz CT molecular complexity index is 466. The molecule has 0 unspecified atom stereocenters. The van der Waals surface area contributed by atoms with E-state index in [4.69, 9.17) is 10.5 Å². The van der Waals surface area contributed by atoms with Gasteiger partial charge in [0.05, 0.1) is 0 Å². The van der Waals surface area contributed by atoms with Gasteiger partial charge in [-0.25, -0.2) is 0 Å². The second kappa shape index (κ2) is 5.05. The zero-order chi connectivity index (χ0) is 10.2. The SMILES string of the molecule is N#CC#Cc1ccc(C#CC#N)cc1. The van der Waals surface area contributed by atoms with Crippen molar-refractivity contribution in [1.82, 2.24) is 0 Å². The predicted octanol–water partition coefficient (Wildman–Crippen LogP) is 1.44. The first-order valence-corrected chi connectivity index (χ1v) is 3.77. The minimum Gasteiger partial charge on any atom is -0.183 e. The van der Waals surface area contributed by atoms with Gasteiger partial charge >= 0.3 is 0 Å². The van der Waals surface area contributed by atoms with E-state index in [0.29, 0.717) is 0 Å². The maximum absolute atomic E-state index is 8.22. The highest BCUT2D eigenvalue weighted by molar-refractivity contribution is 5.44. The van der Waals surface area contributed by atoms with Crippen LogP contribution >= 0.6 is 0 Å². The van der Waals surface area contributed by atoms with Crippen LogP contribution in [-0.2, 0) is 0 Å². The molecular formula is C12H4N2. The molecule has 0 fully saturated rings. The van der Waals surface area contributed by atoms with Gasteiger partial charge in [0, 0.05) is 23.0 Å². The van der Waals surface area contributed by atoms with Crippen LogP contribution in [0.3, 0.4) is 0 Å². The second-order valence-electron chi connectivity index (χ2n) is 2.30. The number of hydrogen-bond acceptors (Lipinski definition) is 2. The van der Waals surface area contributed by atoms with Crippen LogP contribution in [0.2, 0.25) is 0 Å². The highest BCUT2D eigenvalue weighted by atomic mass is 14.2. The van der Waals surface area contributed by atoms with Gasteiger partial charge in [-0.2, -0.15) is 10.5 Å². The molecule has 0 aliphatic heterocycles. The Morgan fingerprint density at radius 1 is 0.714 bits per heavy atom. The Balaban J connectivity index is 2.92. The maximum Gasteiger partial charge on any atom is 0.152 e. The van der Waals surface area contributed by atoms with Crippen molar-refractivity contribution >= 4 is 0 Å². The molecule has 0 aliphatic rings. The van der Waals surface area contributed by atoms with Crippen LogP contribution < -0.4 is 0 Å². The standard InChI is InChI=1S/C12H4N2/c13-9-1-3-11-5-7-12(8-6-11)4-2-10-14/h5-8H. The first-order valence-electron chi connectivity index (χ1n) is 3.77. The normalized spacial score (nSPS) is 6.71. The van der Waals surface area contributed by atoms with E-state index in [1.807, 2.05) is 0 Å². The van der Waals surface area contributed by atoms with Gasteiger partial charge < -0.3 is 0 Å². The average Bonchev–Trinajstić information content (AvgIpc) is 2.25. The summed E-state index contributed by atoms with van der Waals surface area (Å²) in [6.45, 7) is 0. The summed E-state index contributed by atoms with van der Waals surface area (Å²) in [5, 5.41) is 16.4. The monoisotopic (exact) mass is 176 g/mol. The lowest BCUT2D eigenvalue weighted by Gasteiger charge is -1.89. The van der Waals surface area contributed by atoms with E-state index in [1.165, 1.54) is 0 Å². The van der Waals surface area contributed by atoms with Crippen molar-refractivity contribution in [1.29, 1.82) is 10.5 Å². The molecule has 0 bridgehead atoms. The molecule has 0 radical (unpaired) electrons. The van der Waals surface area contributed by atoms with Gasteiger partial charge in [-0.1, -0.05) is 11.8 Å². The molecule has 0 spiro atoms.